The van der Waals surface area contributed by atoms with E-state index in [1.807, 2.05) is 0 Å². The van der Waals surface area contributed by atoms with Gasteiger partial charge in [-0.15, -0.1) is 11.3 Å². The highest BCUT2D eigenvalue weighted by Gasteiger charge is 2.24. The highest BCUT2D eigenvalue weighted by atomic mass is 32.1. The van der Waals surface area contributed by atoms with Crippen LogP contribution >= 0.6 is 23.6 Å². The number of aromatic nitrogens is 1. The number of rotatable bonds is 3. The zero-order valence-corrected chi connectivity index (χ0v) is 16.9. The lowest BCUT2D eigenvalue weighted by Crippen LogP contribution is -2.16. The van der Waals surface area contributed by atoms with E-state index in [0.717, 1.165) is 22.5 Å². The number of hydrogen-bond donors (Lipinski definition) is 1. The van der Waals surface area contributed by atoms with Gasteiger partial charge < -0.3 is 9.67 Å². The number of aliphatic hydroxyl groups excluding tert-OH is 1. The number of allylic oxidation sites excluding steroid dienone is 4. The average Bonchev–Trinajstić information content (AvgIpc) is 2.75. The van der Waals surface area contributed by atoms with Crippen LogP contribution in [-0.4, -0.2) is 16.3 Å². The molecule has 3 rings (SSSR count). The Morgan fingerprint density at radius 3 is 2.64 bits per heavy atom. The molecule has 0 atom stereocenters. The molecule has 0 amide bonds. The molecule has 1 aliphatic carbocycles. The van der Waals surface area contributed by atoms with Crippen molar-refractivity contribution in [1.29, 1.82) is 0 Å². The SMILES string of the molecule is CC1=CCC(Cn2c(=S)sc3ccccc32)=C(CO)C(C(C)(C)C)=C1. The average molecular weight is 372 g/mol. The van der Waals surface area contributed by atoms with Gasteiger partial charge in [-0.2, -0.15) is 0 Å². The van der Waals surface area contributed by atoms with Crippen molar-refractivity contribution < 1.29 is 5.11 Å². The van der Waals surface area contributed by atoms with E-state index < -0.39 is 0 Å². The molecule has 0 fully saturated rings. The minimum Gasteiger partial charge on any atom is -0.392 e. The Labute approximate surface area is 158 Å². The van der Waals surface area contributed by atoms with Crippen molar-refractivity contribution in [2.75, 3.05) is 6.61 Å². The Hall–Kier alpha value is -1.49. The highest BCUT2D eigenvalue weighted by Crippen LogP contribution is 2.37. The van der Waals surface area contributed by atoms with Crippen LogP contribution in [0.15, 0.2) is 58.7 Å². The molecular formula is C21H25NOS2. The maximum atomic E-state index is 10.2. The molecule has 1 N–H and O–H groups in total. The van der Waals surface area contributed by atoms with Crippen LogP contribution < -0.4 is 0 Å². The summed E-state index contributed by atoms with van der Waals surface area (Å²) in [4.78, 5) is 0. The number of para-hydroxylation sites is 1. The third-order valence-corrected chi connectivity index (χ3v) is 6.11. The minimum absolute atomic E-state index is 0.0130. The summed E-state index contributed by atoms with van der Waals surface area (Å²) in [6.45, 7) is 9.54. The van der Waals surface area contributed by atoms with Crippen LogP contribution in [0, 0.1) is 9.37 Å². The van der Waals surface area contributed by atoms with Gasteiger partial charge in [0, 0.05) is 6.54 Å². The van der Waals surface area contributed by atoms with Gasteiger partial charge in [-0.25, -0.2) is 0 Å². The second-order valence-corrected chi connectivity index (χ2v) is 9.30. The molecule has 0 radical (unpaired) electrons. The molecule has 0 unspecified atom stereocenters. The number of hydrogen-bond acceptors (Lipinski definition) is 3. The third kappa shape index (κ3) is 3.71. The van der Waals surface area contributed by atoms with E-state index in [9.17, 15) is 5.11 Å². The van der Waals surface area contributed by atoms with Crippen LogP contribution in [0.2, 0.25) is 0 Å². The van der Waals surface area contributed by atoms with Crippen molar-refractivity contribution in [1.82, 2.24) is 4.57 Å². The molecular weight excluding hydrogens is 346 g/mol. The normalized spacial score (nSPS) is 16.0. The Kier molecular flexibility index (Phi) is 5.14. The zero-order chi connectivity index (χ0) is 18.2. The predicted molar refractivity (Wildman–Crippen MR) is 111 cm³/mol. The summed E-state index contributed by atoms with van der Waals surface area (Å²) in [6.07, 6.45) is 5.33. The second-order valence-electron chi connectivity index (χ2n) is 7.62. The number of fused-ring (bicyclic) bond motifs is 1. The van der Waals surface area contributed by atoms with Gasteiger partial charge in [0.15, 0.2) is 3.95 Å². The van der Waals surface area contributed by atoms with Crippen molar-refractivity contribution in [3.05, 3.63) is 62.7 Å². The standard InChI is InChI=1S/C21H25NOS2/c1-14-9-10-15(16(13-23)17(11-14)21(2,3)4)12-22-18-7-5-6-8-19(18)25-20(22)24/h5-9,11,23H,10,12-13H2,1-4H3. The lowest BCUT2D eigenvalue weighted by Gasteiger charge is -2.26. The van der Waals surface area contributed by atoms with E-state index in [4.69, 9.17) is 12.2 Å². The van der Waals surface area contributed by atoms with E-state index in [1.54, 1.807) is 11.3 Å². The first-order valence-corrected chi connectivity index (χ1v) is 9.83. The molecule has 1 aliphatic rings. The van der Waals surface area contributed by atoms with Crippen LogP contribution in [-0.2, 0) is 6.54 Å². The van der Waals surface area contributed by atoms with Crippen molar-refractivity contribution in [2.24, 2.45) is 5.41 Å². The molecule has 1 heterocycles. The van der Waals surface area contributed by atoms with Gasteiger partial charge in [0.2, 0.25) is 0 Å². The van der Waals surface area contributed by atoms with Crippen molar-refractivity contribution >= 4 is 33.8 Å². The van der Waals surface area contributed by atoms with E-state index in [0.29, 0.717) is 0 Å². The molecule has 132 valence electrons. The summed E-state index contributed by atoms with van der Waals surface area (Å²) in [5.74, 6) is 0. The lowest BCUT2D eigenvalue weighted by molar-refractivity contribution is 0.324. The fraction of sp³-hybridized carbons (Fsp3) is 0.381. The molecule has 25 heavy (non-hydrogen) atoms. The van der Waals surface area contributed by atoms with Crippen molar-refractivity contribution in [3.8, 4) is 0 Å². The summed E-state index contributed by atoms with van der Waals surface area (Å²) in [6, 6.07) is 8.35. The molecule has 0 saturated carbocycles. The first-order valence-electron chi connectivity index (χ1n) is 8.60. The lowest BCUT2D eigenvalue weighted by atomic mass is 9.80. The van der Waals surface area contributed by atoms with Crippen LogP contribution in [0.25, 0.3) is 10.2 Å². The smallest absolute Gasteiger partial charge is 0.162 e. The van der Waals surface area contributed by atoms with Gasteiger partial charge in [0.1, 0.15) is 0 Å². The number of aliphatic hydroxyl groups is 1. The van der Waals surface area contributed by atoms with Gasteiger partial charge >= 0.3 is 0 Å². The first kappa shape index (κ1) is 18.3. The number of thiazole rings is 1. The maximum absolute atomic E-state index is 10.2. The van der Waals surface area contributed by atoms with Crippen LogP contribution in [0.4, 0.5) is 0 Å². The van der Waals surface area contributed by atoms with Gasteiger partial charge in [-0.1, -0.05) is 50.6 Å². The molecule has 0 saturated heterocycles. The number of nitrogens with zero attached hydrogens (tertiary/aromatic N) is 1. The molecule has 2 aromatic rings. The Morgan fingerprint density at radius 1 is 1.24 bits per heavy atom. The molecule has 1 aromatic carbocycles. The van der Waals surface area contributed by atoms with Crippen LogP contribution in [0.3, 0.4) is 0 Å². The summed E-state index contributed by atoms with van der Waals surface area (Å²) >= 11 is 7.27. The Morgan fingerprint density at radius 2 is 1.96 bits per heavy atom. The molecule has 0 bridgehead atoms. The van der Waals surface area contributed by atoms with Crippen LogP contribution in [0.5, 0.6) is 0 Å². The predicted octanol–water partition coefficient (Wildman–Crippen LogP) is 6.04. The van der Waals surface area contributed by atoms with E-state index in [1.165, 1.54) is 26.9 Å². The van der Waals surface area contributed by atoms with Crippen molar-refractivity contribution in [3.63, 3.8) is 0 Å². The fourth-order valence-corrected chi connectivity index (χ4v) is 4.68. The second kappa shape index (κ2) is 7.02. The Bertz CT molecular complexity index is 948. The van der Waals surface area contributed by atoms with Crippen LogP contribution in [0.1, 0.15) is 34.1 Å². The third-order valence-electron chi connectivity index (χ3n) is 4.68. The highest BCUT2D eigenvalue weighted by molar-refractivity contribution is 7.73. The topological polar surface area (TPSA) is 25.2 Å². The van der Waals surface area contributed by atoms with Crippen molar-refractivity contribution in [2.45, 2.75) is 40.7 Å². The Balaban J connectivity index is 2.13. The molecule has 4 heteroatoms. The van der Waals surface area contributed by atoms with Gasteiger partial charge in [0.05, 0.1) is 16.8 Å². The first-order chi connectivity index (χ1) is 11.8. The summed E-state index contributed by atoms with van der Waals surface area (Å²) in [5.41, 5.74) is 5.96. The van der Waals surface area contributed by atoms with Gasteiger partial charge in [0.25, 0.3) is 0 Å². The molecule has 0 spiro atoms. The number of benzene rings is 1. The molecule has 0 aliphatic heterocycles. The van der Waals surface area contributed by atoms with E-state index in [-0.39, 0.29) is 12.0 Å². The zero-order valence-electron chi connectivity index (χ0n) is 15.3. The summed E-state index contributed by atoms with van der Waals surface area (Å²) in [5, 5.41) is 10.2. The van der Waals surface area contributed by atoms with Gasteiger partial charge in [-0.3, -0.25) is 0 Å². The summed E-state index contributed by atoms with van der Waals surface area (Å²) < 4.78 is 4.30. The van der Waals surface area contributed by atoms with E-state index in [2.05, 4.69) is 68.7 Å². The molecule has 1 aromatic heterocycles. The van der Waals surface area contributed by atoms with E-state index >= 15 is 0 Å². The quantitative estimate of drug-likeness (QED) is 0.665. The summed E-state index contributed by atoms with van der Waals surface area (Å²) in [7, 11) is 0. The molecule has 2 nitrogen and oxygen atoms in total. The largest absolute Gasteiger partial charge is 0.392 e. The maximum Gasteiger partial charge on any atom is 0.162 e. The monoisotopic (exact) mass is 371 g/mol. The minimum atomic E-state index is -0.0130. The van der Waals surface area contributed by atoms with Gasteiger partial charge in [-0.05, 0) is 59.8 Å². The fourth-order valence-electron chi connectivity index (χ4n) is 3.35.